The van der Waals surface area contributed by atoms with Crippen LogP contribution in [0.1, 0.15) is 41.1 Å². The van der Waals surface area contributed by atoms with Gasteiger partial charge in [-0.1, -0.05) is 30.3 Å². The number of hydrogen-bond donors (Lipinski definition) is 1. The molecule has 0 saturated carbocycles. The van der Waals surface area contributed by atoms with Crippen LogP contribution in [0, 0.1) is 0 Å². The van der Waals surface area contributed by atoms with Gasteiger partial charge >= 0.3 is 5.97 Å². The molecule has 3 heteroatoms. The van der Waals surface area contributed by atoms with Gasteiger partial charge in [0.15, 0.2) is 0 Å². The molecule has 1 rings (SSSR count). The molecule has 0 bridgehead atoms. The summed E-state index contributed by atoms with van der Waals surface area (Å²) in [6.07, 6.45) is 4.54. The summed E-state index contributed by atoms with van der Waals surface area (Å²) in [7, 11) is 0. The van der Waals surface area contributed by atoms with Gasteiger partial charge in [0, 0.05) is 5.56 Å². The lowest BCUT2D eigenvalue weighted by molar-refractivity contribution is -0.139. The zero-order valence-electron chi connectivity index (χ0n) is 9.63. The Hall–Kier alpha value is -1.90. The number of rotatable bonds is 7. The maximum atomic E-state index is 11.2. The van der Waals surface area contributed by atoms with E-state index in [1.54, 1.807) is 30.3 Å². The SMILES string of the molecule is C=CCCCC(C(=O)O)c1ccccc1C=O. The van der Waals surface area contributed by atoms with E-state index < -0.39 is 11.9 Å². The number of carboxylic acid groups (broad SMARTS) is 1. The van der Waals surface area contributed by atoms with Crippen LogP contribution in [0.2, 0.25) is 0 Å². The Morgan fingerprint density at radius 3 is 2.71 bits per heavy atom. The second-order valence-corrected chi connectivity index (χ2v) is 3.86. The van der Waals surface area contributed by atoms with Crippen molar-refractivity contribution >= 4 is 12.3 Å². The molecule has 0 aliphatic rings. The Morgan fingerprint density at radius 1 is 1.41 bits per heavy atom. The topological polar surface area (TPSA) is 54.4 Å². The van der Waals surface area contributed by atoms with Gasteiger partial charge in [0.1, 0.15) is 6.29 Å². The van der Waals surface area contributed by atoms with Gasteiger partial charge in [0.05, 0.1) is 5.92 Å². The molecule has 17 heavy (non-hydrogen) atoms. The standard InChI is InChI=1S/C14H16O3/c1-2-3-4-9-13(14(16)17)12-8-6-5-7-11(12)10-15/h2,5-8,10,13H,1,3-4,9H2,(H,16,17). The predicted molar refractivity (Wildman–Crippen MR) is 66.3 cm³/mol. The van der Waals surface area contributed by atoms with E-state index in [1.807, 2.05) is 0 Å². The molecule has 1 atom stereocenters. The number of carboxylic acids is 1. The lowest BCUT2D eigenvalue weighted by Crippen LogP contribution is -2.13. The van der Waals surface area contributed by atoms with Crippen LogP contribution in [0.5, 0.6) is 0 Å². The monoisotopic (exact) mass is 232 g/mol. The minimum absolute atomic E-state index is 0.457. The van der Waals surface area contributed by atoms with E-state index in [0.29, 0.717) is 23.8 Å². The number of carbonyl (C=O) groups is 2. The van der Waals surface area contributed by atoms with Crippen LogP contribution in [-0.4, -0.2) is 17.4 Å². The van der Waals surface area contributed by atoms with Crippen molar-refractivity contribution in [2.45, 2.75) is 25.2 Å². The highest BCUT2D eigenvalue weighted by molar-refractivity contribution is 5.83. The summed E-state index contributed by atoms with van der Waals surface area (Å²) in [5.41, 5.74) is 1.05. The molecule has 3 nitrogen and oxygen atoms in total. The number of carbonyl (C=O) groups excluding carboxylic acids is 1. The van der Waals surface area contributed by atoms with Crippen molar-refractivity contribution in [3.8, 4) is 0 Å². The van der Waals surface area contributed by atoms with Crippen molar-refractivity contribution in [2.75, 3.05) is 0 Å². The Morgan fingerprint density at radius 2 is 2.12 bits per heavy atom. The van der Waals surface area contributed by atoms with Crippen LogP contribution in [-0.2, 0) is 4.79 Å². The van der Waals surface area contributed by atoms with E-state index in [9.17, 15) is 14.7 Å². The quantitative estimate of drug-likeness (QED) is 0.446. The molecule has 1 aromatic rings. The minimum Gasteiger partial charge on any atom is -0.481 e. The second-order valence-electron chi connectivity index (χ2n) is 3.86. The summed E-state index contributed by atoms with van der Waals surface area (Å²) in [5, 5.41) is 9.20. The molecule has 0 saturated heterocycles. The number of aldehydes is 1. The summed E-state index contributed by atoms with van der Waals surface area (Å²) in [6, 6.07) is 6.84. The molecule has 0 radical (unpaired) electrons. The fourth-order valence-corrected chi connectivity index (χ4v) is 1.81. The molecule has 90 valence electrons. The van der Waals surface area contributed by atoms with E-state index in [-0.39, 0.29) is 0 Å². The number of unbranched alkanes of at least 4 members (excludes halogenated alkanes) is 1. The Balaban J connectivity index is 2.92. The van der Waals surface area contributed by atoms with Gasteiger partial charge in [-0.3, -0.25) is 9.59 Å². The molecular formula is C14H16O3. The van der Waals surface area contributed by atoms with Crippen molar-refractivity contribution in [3.05, 3.63) is 48.0 Å². The molecule has 0 aliphatic heterocycles. The summed E-state index contributed by atoms with van der Waals surface area (Å²) in [6.45, 7) is 3.61. The van der Waals surface area contributed by atoms with Crippen molar-refractivity contribution < 1.29 is 14.7 Å². The van der Waals surface area contributed by atoms with Gasteiger partial charge in [-0.05, 0) is 24.8 Å². The summed E-state index contributed by atoms with van der Waals surface area (Å²) >= 11 is 0. The van der Waals surface area contributed by atoms with Crippen molar-refractivity contribution in [2.24, 2.45) is 0 Å². The van der Waals surface area contributed by atoms with Crippen molar-refractivity contribution in [1.29, 1.82) is 0 Å². The lowest BCUT2D eigenvalue weighted by atomic mass is 9.90. The highest BCUT2D eigenvalue weighted by Crippen LogP contribution is 2.25. The molecule has 0 fully saturated rings. The molecule has 0 aliphatic carbocycles. The van der Waals surface area contributed by atoms with E-state index in [0.717, 1.165) is 12.8 Å². The average Bonchev–Trinajstić information content (AvgIpc) is 2.34. The molecule has 1 aromatic carbocycles. The maximum absolute atomic E-state index is 11.2. The number of allylic oxidation sites excluding steroid dienone is 1. The Labute approximate surface area is 101 Å². The lowest BCUT2D eigenvalue weighted by Gasteiger charge is -2.14. The third-order valence-corrected chi connectivity index (χ3v) is 2.70. The number of benzene rings is 1. The molecule has 0 heterocycles. The molecule has 1 unspecified atom stereocenters. The molecule has 0 aromatic heterocycles. The van der Waals surface area contributed by atoms with Gasteiger partial charge in [-0.15, -0.1) is 6.58 Å². The van der Waals surface area contributed by atoms with Crippen LogP contribution < -0.4 is 0 Å². The van der Waals surface area contributed by atoms with E-state index in [1.165, 1.54) is 0 Å². The fourth-order valence-electron chi connectivity index (χ4n) is 1.81. The van der Waals surface area contributed by atoms with E-state index in [2.05, 4.69) is 6.58 Å². The zero-order valence-corrected chi connectivity index (χ0v) is 9.63. The average molecular weight is 232 g/mol. The first-order valence-electron chi connectivity index (χ1n) is 5.58. The van der Waals surface area contributed by atoms with Crippen molar-refractivity contribution in [1.82, 2.24) is 0 Å². The van der Waals surface area contributed by atoms with E-state index >= 15 is 0 Å². The van der Waals surface area contributed by atoms with Crippen LogP contribution in [0.4, 0.5) is 0 Å². The van der Waals surface area contributed by atoms with Crippen LogP contribution in [0.15, 0.2) is 36.9 Å². The Bertz CT molecular complexity index is 410. The second kappa shape index (κ2) is 6.63. The first-order valence-corrected chi connectivity index (χ1v) is 5.58. The predicted octanol–water partition coefficient (Wildman–Crippen LogP) is 3.02. The normalized spacial score (nSPS) is 11.8. The van der Waals surface area contributed by atoms with E-state index in [4.69, 9.17) is 0 Å². The summed E-state index contributed by atoms with van der Waals surface area (Å²) < 4.78 is 0. The van der Waals surface area contributed by atoms with Gasteiger partial charge in [-0.25, -0.2) is 0 Å². The number of aliphatic carboxylic acids is 1. The van der Waals surface area contributed by atoms with Gasteiger partial charge in [0.2, 0.25) is 0 Å². The minimum atomic E-state index is -0.886. The smallest absolute Gasteiger partial charge is 0.310 e. The third kappa shape index (κ3) is 3.55. The first kappa shape index (κ1) is 13.2. The number of hydrogen-bond acceptors (Lipinski definition) is 2. The Kier molecular flexibility index (Phi) is 5.14. The molecule has 1 N–H and O–H groups in total. The molecular weight excluding hydrogens is 216 g/mol. The van der Waals surface area contributed by atoms with Gasteiger partial charge in [0.25, 0.3) is 0 Å². The molecule has 0 amide bonds. The highest BCUT2D eigenvalue weighted by Gasteiger charge is 2.21. The van der Waals surface area contributed by atoms with Gasteiger partial charge < -0.3 is 5.11 Å². The summed E-state index contributed by atoms with van der Waals surface area (Å²) in [4.78, 5) is 22.1. The maximum Gasteiger partial charge on any atom is 0.310 e. The first-order chi connectivity index (χ1) is 8.20. The van der Waals surface area contributed by atoms with Crippen LogP contribution in [0.3, 0.4) is 0 Å². The highest BCUT2D eigenvalue weighted by atomic mass is 16.4. The van der Waals surface area contributed by atoms with Crippen LogP contribution >= 0.6 is 0 Å². The zero-order chi connectivity index (χ0) is 12.7. The van der Waals surface area contributed by atoms with Crippen LogP contribution in [0.25, 0.3) is 0 Å². The van der Waals surface area contributed by atoms with Crippen molar-refractivity contribution in [3.63, 3.8) is 0 Å². The van der Waals surface area contributed by atoms with Gasteiger partial charge in [-0.2, -0.15) is 0 Å². The third-order valence-electron chi connectivity index (χ3n) is 2.70. The molecule has 0 spiro atoms. The largest absolute Gasteiger partial charge is 0.481 e. The summed E-state index contributed by atoms with van der Waals surface area (Å²) in [5.74, 6) is -1.50. The fraction of sp³-hybridized carbons (Fsp3) is 0.286.